The number of aryl methyl sites for hydroxylation is 1. The standard InChI is InChI=1S/C14H19BrN2O2/c1-4-7-17(11(3)18)9-14(19)16-12-5-6-13(15)10(2)8-12/h5-6,8H,4,7,9H2,1-3H3,(H,16,19). The molecule has 4 nitrogen and oxygen atoms in total. The Balaban J connectivity index is 2.63. The number of rotatable bonds is 5. The molecule has 2 amide bonds. The molecule has 1 aromatic carbocycles. The number of carbonyl (C=O) groups excluding carboxylic acids is 2. The quantitative estimate of drug-likeness (QED) is 0.904. The lowest BCUT2D eigenvalue weighted by Crippen LogP contribution is -2.37. The van der Waals surface area contributed by atoms with Crippen LogP contribution in [0.15, 0.2) is 22.7 Å². The van der Waals surface area contributed by atoms with Crippen LogP contribution in [0.2, 0.25) is 0 Å². The van der Waals surface area contributed by atoms with Crippen LogP contribution in [0.3, 0.4) is 0 Å². The van der Waals surface area contributed by atoms with Gasteiger partial charge in [-0.05, 0) is 37.1 Å². The zero-order valence-electron chi connectivity index (χ0n) is 11.5. The number of amides is 2. The number of nitrogens with zero attached hydrogens (tertiary/aromatic N) is 1. The Bertz CT molecular complexity index is 475. The van der Waals surface area contributed by atoms with Crippen molar-refractivity contribution in [3.05, 3.63) is 28.2 Å². The van der Waals surface area contributed by atoms with Gasteiger partial charge in [-0.25, -0.2) is 0 Å². The number of anilines is 1. The van der Waals surface area contributed by atoms with Crippen LogP contribution in [0.5, 0.6) is 0 Å². The Kier molecular flexibility index (Phi) is 6.02. The molecule has 0 bridgehead atoms. The summed E-state index contributed by atoms with van der Waals surface area (Å²) >= 11 is 3.41. The fourth-order valence-corrected chi connectivity index (χ4v) is 1.96. The van der Waals surface area contributed by atoms with E-state index in [0.717, 1.165) is 22.1 Å². The summed E-state index contributed by atoms with van der Waals surface area (Å²) in [4.78, 5) is 24.8. The molecule has 0 saturated carbocycles. The van der Waals surface area contributed by atoms with E-state index in [1.807, 2.05) is 32.0 Å². The van der Waals surface area contributed by atoms with Gasteiger partial charge in [-0.2, -0.15) is 0 Å². The third-order valence-electron chi connectivity index (χ3n) is 2.72. The molecule has 0 aliphatic carbocycles. The first-order chi connectivity index (χ1) is 8.93. The largest absolute Gasteiger partial charge is 0.334 e. The molecule has 0 saturated heterocycles. The molecule has 0 radical (unpaired) electrons. The van der Waals surface area contributed by atoms with Crippen molar-refractivity contribution in [3.63, 3.8) is 0 Å². The average molecular weight is 327 g/mol. The van der Waals surface area contributed by atoms with Crippen molar-refractivity contribution in [3.8, 4) is 0 Å². The second-order valence-electron chi connectivity index (χ2n) is 4.45. The molecule has 1 aromatic rings. The smallest absolute Gasteiger partial charge is 0.243 e. The minimum Gasteiger partial charge on any atom is -0.334 e. The molecule has 1 rings (SSSR count). The van der Waals surface area contributed by atoms with Crippen molar-refractivity contribution in [2.24, 2.45) is 0 Å². The normalized spacial score (nSPS) is 10.1. The minimum atomic E-state index is -0.176. The molecular weight excluding hydrogens is 308 g/mol. The Morgan fingerprint density at radius 3 is 2.58 bits per heavy atom. The Labute approximate surface area is 122 Å². The van der Waals surface area contributed by atoms with E-state index in [9.17, 15) is 9.59 Å². The van der Waals surface area contributed by atoms with Crippen molar-refractivity contribution in [2.75, 3.05) is 18.4 Å². The van der Waals surface area contributed by atoms with Crippen LogP contribution < -0.4 is 5.32 Å². The van der Waals surface area contributed by atoms with Crippen LogP contribution in [0.25, 0.3) is 0 Å². The van der Waals surface area contributed by atoms with Crippen LogP contribution in [-0.2, 0) is 9.59 Å². The molecule has 0 atom stereocenters. The van der Waals surface area contributed by atoms with Crippen molar-refractivity contribution in [1.29, 1.82) is 0 Å². The van der Waals surface area contributed by atoms with E-state index < -0.39 is 0 Å². The summed E-state index contributed by atoms with van der Waals surface area (Å²) in [6.07, 6.45) is 0.838. The molecule has 0 aliphatic rings. The minimum absolute atomic E-state index is 0.0796. The van der Waals surface area contributed by atoms with Crippen LogP contribution in [0, 0.1) is 6.92 Å². The third kappa shape index (κ3) is 5.03. The predicted octanol–water partition coefficient (Wildman–Crippen LogP) is 2.95. The highest BCUT2D eigenvalue weighted by Gasteiger charge is 2.12. The van der Waals surface area contributed by atoms with Crippen LogP contribution in [0.4, 0.5) is 5.69 Å². The lowest BCUT2D eigenvalue weighted by atomic mass is 10.2. The molecule has 19 heavy (non-hydrogen) atoms. The van der Waals surface area contributed by atoms with E-state index in [1.54, 1.807) is 4.90 Å². The molecule has 5 heteroatoms. The van der Waals surface area contributed by atoms with Gasteiger partial charge in [-0.3, -0.25) is 9.59 Å². The molecule has 0 spiro atoms. The highest BCUT2D eigenvalue weighted by Crippen LogP contribution is 2.19. The third-order valence-corrected chi connectivity index (χ3v) is 3.60. The van der Waals surface area contributed by atoms with E-state index in [0.29, 0.717) is 6.54 Å². The first kappa shape index (κ1) is 15.7. The maximum atomic E-state index is 11.9. The summed E-state index contributed by atoms with van der Waals surface area (Å²) in [5.41, 5.74) is 1.79. The SMILES string of the molecule is CCCN(CC(=O)Nc1ccc(Br)c(C)c1)C(C)=O. The topological polar surface area (TPSA) is 49.4 Å². The van der Waals surface area contributed by atoms with Crippen LogP contribution in [-0.4, -0.2) is 29.8 Å². The second-order valence-corrected chi connectivity index (χ2v) is 5.31. The van der Waals surface area contributed by atoms with Crippen molar-refractivity contribution >= 4 is 33.4 Å². The first-order valence-corrected chi connectivity index (χ1v) is 7.04. The molecule has 0 aromatic heterocycles. The van der Waals surface area contributed by atoms with Crippen LogP contribution in [0.1, 0.15) is 25.8 Å². The van der Waals surface area contributed by atoms with Gasteiger partial charge in [0.25, 0.3) is 0 Å². The van der Waals surface area contributed by atoms with Crippen LogP contribution >= 0.6 is 15.9 Å². The van der Waals surface area contributed by atoms with Gasteiger partial charge < -0.3 is 10.2 Å². The highest BCUT2D eigenvalue weighted by atomic mass is 79.9. The van der Waals surface area contributed by atoms with Gasteiger partial charge in [0.1, 0.15) is 0 Å². The summed E-state index contributed by atoms with van der Waals surface area (Å²) in [7, 11) is 0. The fraction of sp³-hybridized carbons (Fsp3) is 0.429. The highest BCUT2D eigenvalue weighted by molar-refractivity contribution is 9.10. The summed E-state index contributed by atoms with van der Waals surface area (Å²) < 4.78 is 1.00. The lowest BCUT2D eigenvalue weighted by Gasteiger charge is -2.19. The summed E-state index contributed by atoms with van der Waals surface area (Å²) in [5, 5.41) is 2.80. The van der Waals surface area contributed by atoms with Gasteiger partial charge >= 0.3 is 0 Å². The van der Waals surface area contributed by atoms with E-state index in [1.165, 1.54) is 6.92 Å². The van der Waals surface area contributed by atoms with E-state index >= 15 is 0 Å². The Morgan fingerprint density at radius 1 is 1.37 bits per heavy atom. The Hall–Kier alpha value is -1.36. The lowest BCUT2D eigenvalue weighted by molar-refractivity contribution is -0.132. The van der Waals surface area contributed by atoms with E-state index in [4.69, 9.17) is 0 Å². The van der Waals surface area contributed by atoms with Gasteiger partial charge in [0.2, 0.25) is 11.8 Å². The number of hydrogen-bond donors (Lipinski definition) is 1. The Morgan fingerprint density at radius 2 is 2.05 bits per heavy atom. The molecule has 1 N–H and O–H groups in total. The van der Waals surface area contributed by atoms with Gasteiger partial charge in [-0.1, -0.05) is 22.9 Å². The number of hydrogen-bond acceptors (Lipinski definition) is 2. The van der Waals surface area contributed by atoms with E-state index in [-0.39, 0.29) is 18.4 Å². The molecular formula is C14H19BrN2O2. The summed E-state index contributed by atoms with van der Waals surface area (Å²) in [6, 6.07) is 5.60. The maximum Gasteiger partial charge on any atom is 0.243 e. The monoisotopic (exact) mass is 326 g/mol. The van der Waals surface area contributed by atoms with Crippen molar-refractivity contribution in [2.45, 2.75) is 27.2 Å². The number of carbonyl (C=O) groups is 2. The number of nitrogens with one attached hydrogen (secondary N) is 1. The van der Waals surface area contributed by atoms with Gasteiger partial charge in [0.15, 0.2) is 0 Å². The maximum absolute atomic E-state index is 11.9. The van der Waals surface area contributed by atoms with Gasteiger partial charge in [-0.15, -0.1) is 0 Å². The molecule has 0 fully saturated rings. The van der Waals surface area contributed by atoms with Gasteiger partial charge in [0.05, 0.1) is 6.54 Å². The predicted molar refractivity (Wildman–Crippen MR) is 80.1 cm³/mol. The van der Waals surface area contributed by atoms with Crippen molar-refractivity contribution < 1.29 is 9.59 Å². The van der Waals surface area contributed by atoms with Gasteiger partial charge in [0, 0.05) is 23.6 Å². The fourth-order valence-electron chi connectivity index (χ4n) is 1.71. The second kappa shape index (κ2) is 7.28. The van der Waals surface area contributed by atoms with E-state index in [2.05, 4.69) is 21.2 Å². The average Bonchev–Trinajstić information content (AvgIpc) is 2.33. The molecule has 0 unspecified atom stereocenters. The first-order valence-electron chi connectivity index (χ1n) is 6.25. The number of benzene rings is 1. The van der Waals surface area contributed by atoms with Crippen molar-refractivity contribution in [1.82, 2.24) is 4.90 Å². The molecule has 0 aliphatic heterocycles. The summed E-state index contributed by atoms with van der Waals surface area (Å²) in [6.45, 7) is 6.11. The summed E-state index contributed by atoms with van der Waals surface area (Å²) in [5.74, 6) is -0.255. The molecule has 104 valence electrons. The zero-order chi connectivity index (χ0) is 14.4. The zero-order valence-corrected chi connectivity index (χ0v) is 13.1. The molecule has 0 heterocycles. The number of halogens is 1.